The molecule has 0 radical (unpaired) electrons. The standard InChI is InChI=1S/C11H14N4OS/c1-3-15-10(16)13-14-11(15)17-9-7(2)5-4-6-8(9)12/h4-6H,3,12H2,1-2H3,(H,13,16). The molecule has 1 aromatic carbocycles. The first-order chi connectivity index (χ1) is 8.13. The molecule has 0 saturated carbocycles. The van der Waals surface area contributed by atoms with Crippen LogP contribution in [0.4, 0.5) is 5.69 Å². The number of nitrogen functional groups attached to an aromatic ring is 1. The van der Waals surface area contributed by atoms with E-state index in [1.54, 1.807) is 4.57 Å². The van der Waals surface area contributed by atoms with Crippen molar-refractivity contribution in [3.05, 3.63) is 34.2 Å². The molecule has 90 valence electrons. The predicted molar refractivity (Wildman–Crippen MR) is 68.2 cm³/mol. The fourth-order valence-corrected chi connectivity index (χ4v) is 2.58. The number of nitrogens with one attached hydrogen (secondary N) is 1. The van der Waals surface area contributed by atoms with Crippen LogP contribution in [0, 0.1) is 6.92 Å². The van der Waals surface area contributed by atoms with Crippen LogP contribution >= 0.6 is 11.8 Å². The van der Waals surface area contributed by atoms with Gasteiger partial charge in [0.25, 0.3) is 0 Å². The highest BCUT2D eigenvalue weighted by Crippen LogP contribution is 2.32. The van der Waals surface area contributed by atoms with Gasteiger partial charge in [-0.3, -0.25) is 4.57 Å². The number of H-pyrrole nitrogens is 1. The summed E-state index contributed by atoms with van der Waals surface area (Å²) in [6.07, 6.45) is 0. The number of aryl methyl sites for hydroxylation is 1. The fourth-order valence-electron chi connectivity index (χ4n) is 1.57. The van der Waals surface area contributed by atoms with Gasteiger partial charge in [0.1, 0.15) is 0 Å². The lowest BCUT2D eigenvalue weighted by Crippen LogP contribution is -2.16. The Morgan fingerprint density at radius 2 is 2.29 bits per heavy atom. The van der Waals surface area contributed by atoms with Crippen molar-refractivity contribution in [3.8, 4) is 0 Å². The first-order valence-electron chi connectivity index (χ1n) is 5.31. The van der Waals surface area contributed by atoms with Crippen molar-refractivity contribution in [2.75, 3.05) is 5.73 Å². The van der Waals surface area contributed by atoms with Gasteiger partial charge in [0.15, 0.2) is 5.16 Å². The van der Waals surface area contributed by atoms with E-state index in [4.69, 9.17) is 5.73 Å². The lowest BCUT2D eigenvalue weighted by atomic mass is 10.2. The molecule has 0 unspecified atom stereocenters. The molecule has 1 heterocycles. The molecule has 6 heteroatoms. The average molecular weight is 250 g/mol. The molecule has 3 N–H and O–H groups in total. The van der Waals surface area contributed by atoms with E-state index in [9.17, 15) is 4.79 Å². The van der Waals surface area contributed by atoms with Crippen molar-refractivity contribution in [2.24, 2.45) is 0 Å². The van der Waals surface area contributed by atoms with Crippen molar-refractivity contribution >= 4 is 17.4 Å². The molecule has 0 bridgehead atoms. The van der Waals surface area contributed by atoms with E-state index < -0.39 is 0 Å². The van der Waals surface area contributed by atoms with E-state index in [0.29, 0.717) is 17.4 Å². The number of benzene rings is 1. The fraction of sp³-hybridized carbons (Fsp3) is 0.273. The van der Waals surface area contributed by atoms with Crippen LogP contribution in [0.5, 0.6) is 0 Å². The van der Waals surface area contributed by atoms with Crippen LogP contribution in [-0.2, 0) is 6.54 Å². The summed E-state index contributed by atoms with van der Waals surface area (Å²) in [6, 6.07) is 5.74. The molecule has 2 rings (SSSR count). The third kappa shape index (κ3) is 2.21. The van der Waals surface area contributed by atoms with Crippen LogP contribution in [0.1, 0.15) is 12.5 Å². The molecule has 17 heavy (non-hydrogen) atoms. The maximum absolute atomic E-state index is 11.4. The van der Waals surface area contributed by atoms with Gasteiger partial charge < -0.3 is 5.73 Å². The molecule has 2 aromatic rings. The smallest absolute Gasteiger partial charge is 0.343 e. The molecule has 0 atom stereocenters. The van der Waals surface area contributed by atoms with Crippen molar-refractivity contribution < 1.29 is 0 Å². The Balaban J connectivity index is 2.41. The largest absolute Gasteiger partial charge is 0.398 e. The van der Waals surface area contributed by atoms with Crippen molar-refractivity contribution in [2.45, 2.75) is 30.4 Å². The third-order valence-corrected chi connectivity index (χ3v) is 3.73. The zero-order valence-corrected chi connectivity index (χ0v) is 10.5. The molecule has 0 saturated heterocycles. The number of rotatable bonds is 3. The van der Waals surface area contributed by atoms with E-state index in [1.165, 1.54) is 11.8 Å². The summed E-state index contributed by atoms with van der Waals surface area (Å²) in [5.41, 5.74) is 7.51. The van der Waals surface area contributed by atoms with Gasteiger partial charge >= 0.3 is 5.69 Å². The maximum Gasteiger partial charge on any atom is 0.343 e. The topological polar surface area (TPSA) is 76.7 Å². The van der Waals surface area contributed by atoms with Gasteiger partial charge in [0, 0.05) is 17.1 Å². The van der Waals surface area contributed by atoms with Gasteiger partial charge in [-0.25, -0.2) is 9.89 Å². The molecular formula is C11H14N4OS. The van der Waals surface area contributed by atoms with Crippen LogP contribution in [-0.4, -0.2) is 14.8 Å². The normalized spacial score (nSPS) is 10.7. The molecule has 0 spiro atoms. The van der Waals surface area contributed by atoms with E-state index in [0.717, 1.165) is 10.5 Å². The Labute approximate surface area is 103 Å². The lowest BCUT2D eigenvalue weighted by molar-refractivity contribution is 0.660. The second-order valence-corrected chi connectivity index (χ2v) is 4.63. The van der Waals surface area contributed by atoms with Crippen LogP contribution in [0.25, 0.3) is 0 Å². The zero-order chi connectivity index (χ0) is 12.4. The van der Waals surface area contributed by atoms with Crippen LogP contribution in [0.3, 0.4) is 0 Å². The number of hydrogen-bond donors (Lipinski definition) is 2. The Bertz CT molecular complexity index is 567. The molecule has 1 aromatic heterocycles. The van der Waals surface area contributed by atoms with Gasteiger partial charge in [-0.1, -0.05) is 12.1 Å². The van der Waals surface area contributed by atoms with E-state index in [-0.39, 0.29) is 5.69 Å². The Morgan fingerprint density at radius 3 is 2.94 bits per heavy atom. The Kier molecular flexibility index (Phi) is 3.23. The van der Waals surface area contributed by atoms with Gasteiger partial charge in [0.05, 0.1) is 0 Å². The number of hydrogen-bond acceptors (Lipinski definition) is 4. The first kappa shape index (κ1) is 11.8. The van der Waals surface area contributed by atoms with E-state index in [2.05, 4.69) is 10.2 Å². The quantitative estimate of drug-likeness (QED) is 0.812. The van der Waals surface area contributed by atoms with Crippen LogP contribution in [0.15, 0.2) is 33.0 Å². The van der Waals surface area contributed by atoms with Gasteiger partial charge in [-0.15, -0.1) is 5.10 Å². The summed E-state index contributed by atoms with van der Waals surface area (Å²) >= 11 is 1.41. The summed E-state index contributed by atoms with van der Waals surface area (Å²) in [5.74, 6) is 0. The molecule has 0 amide bonds. The maximum atomic E-state index is 11.4. The van der Waals surface area contributed by atoms with E-state index >= 15 is 0 Å². The summed E-state index contributed by atoms with van der Waals surface area (Å²) < 4.78 is 1.58. The molecule has 0 aliphatic rings. The second-order valence-electron chi connectivity index (χ2n) is 3.65. The Morgan fingerprint density at radius 1 is 1.53 bits per heavy atom. The number of anilines is 1. The summed E-state index contributed by atoms with van der Waals surface area (Å²) in [4.78, 5) is 12.4. The second kappa shape index (κ2) is 4.67. The highest BCUT2D eigenvalue weighted by molar-refractivity contribution is 7.99. The Hall–Kier alpha value is -1.69. The summed E-state index contributed by atoms with van der Waals surface area (Å²) in [5, 5.41) is 7.08. The summed E-state index contributed by atoms with van der Waals surface area (Å²) in [7, 11) is 0. The minimum absolute atomic E-state index is 0.192. The van der Waals surface area contributed by atoms with Crippen LogP contribution in [0.2, 0.25) is 0 Å². The van der Waals surface area contributed by atoms with Gasteiger partial charge in [-0.2, -0.15) is 0 Å². The lowest BCUT2D eigenvalue weighted by Gasteiger charge is -2.08. The third-order valence-electron chi connectivity index (χ3n) is 2.48. The van der Waals surface area contributed by atoms with Gasteiger partial charge in [-0.05, 0) is 37.2 Å². The number of aromatic amines is 1. The number of nitrogens with zero attached hydrogens (tertiary/aromatic N) is 2. The average Bonchev–Trinajstić information content (AvgIpc) is 2.64. The molecule has 5 nitrogen and oxygen atoms in total. The number of nitrogens with two attached hydrogens (primary N) is 1. The van der Waals surface area contributed by atoms with Gasteiger partial charge in [0.2, 0.25) is 0 Å². The van der Waals surface area contributed by atoms with Crippen molar-refractivity contribution in [3.63, 3.8) is 0 Å². The highest BCUT2D eigenvalue weighted by Gasteiger charge is 2.11. The SMILES string of the molecule is CCn1c(Sc2c(C)cccc2N)n[nH]c1=O. The molecule has 0 aliphatic carbocycles. The molecule has 0 aliphatic heterocycles. The molecule has 0 fully saturated rings. The zero-order valence-electron chi connectivity index (χ0n) is 9.73. The summed E-state index contributed by atoms with van der Waals surface area (Å²) in [6.45, 7) is 4.48. The minimum Gasteiger partial charge on any atom is -0.398 e. The molecular weight excluding hydrogens is 236 g/mol. The first-order valence-corrected chi connectivity index (χ1v) is 6.13. The predicted octanol–water partition coefficient (Wildman–Crippen LogP) is 1.63. The monoisotopic (exact) mass is 250 g/mol. The minimum atomic E-state index is -0.192. The number of aromatic nitrogens is 3. The van der Waals surface area contributed by atoms with Crippen molar-refractivity contribution in [1.82, 2.24) is 14.8 Å². The van der Waals surface area contributed by atoms with Crippen LogP contribution < -0.4 is 11.4 Å². The highest BCUT2D eigenvalue weighted by atomic mass is 32.2. The van der Waals surface area contributed by atoms with E-state index in [1.807, 2.05) is 32.0 Å². The van der Waals surface area contributed by atoms with Crippen molar-refractivity contribution in [1.29, 1.82) is 0 Å².